The van der Waals surface area contributed by atoms with Crippen LogP contribution >= 0.6 is 11.3 Å². The Morgan fingerprint density at radius 1 is 1.23 bits per heavy atom. The first-order valence-corrected chi connectivity index (χ1v) is 10.6. The summed E-state index contributed by atoms with van der Waals surface area (Å²) in [5.41, 5.74) is 2.50. The second-order valence-electron chi connectivity index (χ2n) is 7.03. The second kappa shape index (κ2) is 8.19. The van der Waals surface area contributed by atoms with Crippen LogP contribution in [0.1, 0.15) is 23.8 Å². The molecule has 1 unspecified atom stereocenters. The second-order valence-corrected chi connectivity index (χ2v) is 7.98. The number of carbonyl (C=O) groups is 1. The number of furan rings is 1. The summed E-state index contributed by atoms with van der Waals surface area (Å²) in [5, 5.41) is 16.4. The van der Waals surface area contributed by atoms with Crippen LogP contribution in [0.25, 0.3) is 10.6 Å². The number of benzene rings is 1. The number of methoxy groups -OCH3 is 1. The van der Waals surface area contributed by atoms with Crippen molar-refractivity contribution >= 4 is 23.0 Å². The van der Waals surface area contributed by atoms with E-state index in [-0.39, 0.29) is 18.5 Å². The Kier molecular flexibility index (Phi) is 5.09. The Balaban J connectivity index is 1.39. The Morgan fingerprint density at radius 2 is 2.10 bits per heavy atom. The molecule has 0 fully saturated rings. The molecule has 9 heteroatoms. The normalized spacial score (nSPS) is 15.8. The topological polar surface area (TPSA) is 85.8 Å². The van der Waals surface area contributed by atoms with E-state index >= 15 is 0 Å². The molecule has 1 amide bonds. The largest absolute Gasteiger partial charge is 0.497 e. The minimum absolute atomic E-state index is 0.0367. The van der Waals surface area contributed by atoms with E-state index in [1.54, 1.807) is 30.9 Å². The van der Waals surface area contributed by atoms with Crippen LogP contribution in [0.2, 0.25) is 0 Å². The summed E-state index contributed by atoms with van der Waals surface area (Å²) in [7, 11) is 1.63. The van der Waals surface area contributed by atoms with Crippen LogP contribution < -0.4 is 4.74 Å². The maximum absolute atomic E-state index is 13.2. The van der Waals surface area contributed by atoms with Gasteiger partial charge in [-0.05, 0) is 53.4 Å². The Labute approximate surface area is 182 Å². The number of nitrogens with zero attached hydrogens (tertiary/aromatic N) is 5. The monoisotopic (exact) mass is 433 g/mol. The van der Waals surface area contributed by atoms with E-state index in [1.807, 2.05) is 53.9 Å². The number of thiophene rings is 1. The zero-order chi connectivity index (χ0) is 21.2. The van der Waals surface area contributed by atoms with E-state index in [4.69, 9.17) is 9.15 Å². The number of carbonyl (C=O) groups excluding carboxylic acids is 1. The summed E-state index contributed by atoms with van der Waals surface area (Å²) in [6.07, 6.45) is 3.94. The lowest BCUT2D eigenvalue weighted by molar-refractivity contribution is -0.134. The minimum atomic E-state index is -0.306. The molecule has 8 nitrogen and oxygen atoms in total. The van der Waals surface area contributed by atoms with E-state index in [1.165, 1.54) is 9.69 Å². The fraction of sp³-hybridized carbons (Fsp3) is 0.182. The van der Waals surface area contributed by atoms with Gasteiger partial charge in [0.15, 0.2) is 0 Å². The molecule has 0 saturated heterocycles. The summed E-state index contributed by atoms with van der Waals surface area (Å²) in [5.74, 6) is 1.27. The lowest BCUT2D eigenvalue weighted by atomic mass is 10.0. The number of hydrazone groups is 1. The van der Waals surface area contributed by atoms with Gasteiger partial charge < -0.3 is 9.15 Å². The van der Waals surface area contributed by atoms with Crippen molar-refractivity contribution in [3.05, 3.63) is 77.7 Å². The van der Waals surface area contributed by atoms with Gasteiger partial charge in [-0.25, -0.2) is 9.69 Å². The lowest BCUT2D eigenvalue weighted by Crippen LogP contribution is -2.30. The molecule has 0 bridgehead atoms. The highest BCUT2D eigenvalue weighted by Gasteiger charge is 2.35. The Hall–Kier alpha value is -3.72. The quantitative estimate of drug-likeness (QED) is 0.459. The van der Waals surface area contributed by atoms with Crippen molar-refractivity contribution in [2.75, 3.05) is 7.11 Å². The molecule has 156 valence electrons. The molecule has 1 atom stereocenters. The fourth-order valence-electron chi connectivity index (χ4n) is 3.52. The SMILES string of the molecule is COc1ccc(C2=NN(C(=O)Cn3cc(-c4cccs4)nn3)C(c3ccco3)C2)cc1. The number of aromatic nitrogens is 3. The lowest BCUT2D eigenvalue weighted by Gasteiger charge is -2.19. The molecule has 1 aromatic carbocycles. The van der Waals surface area contributed by atoms with Crippen molar-refractivity contribution in [3.63, 3.8) is 0 Å². The smallest absolute Gasteiger partial charge is 0.265 e. The maximum Gasteiger partial charge on any atom is 0.265 e. The summed E-state index contributed by atoms with van der Waals surface area (Å²) in [6, 6.07) is 14.9. The van der Waals surface area contributed by atoms with Gasteiger partial charge >= 0.3 is 0 Å². The molecular formula is C22H19N5O3S. The molecule has 4 aromatic rings. The number of ether oxygens (including phenoxy) is 1. The van der Waals surface area contributed by atoms with Crippen LogP contribution in [0, 0.1) is 0 Å². The summed E-state index contributed by atoms with van der Waals surface area (Å²) in [4.78, 5) is 14.2. The van der Waals surface area contributed by atoms with Crippen LogP contribution in [0.4, 0.5) is 0 Å². The van der Waals surface area contributed by atoms with Crippen LogP contribution in [0.5, 0.6) is 5.75 Å². The van der Waals surface area contributed by atoms with Gasteiger partial charge in [0.1, 0.15) is 29.8 Å². The van der Waals surface area contributed by atoms with E-state index < -0.39 is 0 Å². The zero-order valence-electron chi connectivity index (χ0n) is 16.7. The van der Waals surface area contributed by atoms with Gasteiger partial charge in [0, 0.05) is 6.42 Å². The first kappa shape index (κ1) is 19.3. The molecule has 3 aromatic heterocycles. The third-order valence-electron chi connectivity index (χ3n) is 5.07. The van der Waals surface area contributed by atoms with E-state index in [9.17, 15) is 4.79 Å². The molecule has 5 rings (SSSR count). The highest BCUT2D eigenvalue weighted by atomic mass is 32.1. The fourth-order valence-corrected chi connectivity index (χ4v) is 4.20. The van der Waals surface area contributed by atoms with Crippen LogP contribution in [-0.4, -0.2) is 38.7 Å². The Morgan fingerprint density at radius 3 is 2.81 bits per heavy atom. The molecule has 0 spiro atoms. The van der Waals surface area contributed by atoms with Gasteiger partial charge in [-0.15, -0.1) is 16.4 Å². The predicted molar refractivity (Wildman–Crippen MR) is 116 cm³/mol. The third-order valence-corrected chi connectivity index (χ3v) is 5.96. The number of rotatable bonds is 6. The maximum atomic E-state index is 13.2. The zero-order valence-corrected chi connectivity index (χ0v) is 17.5. The van der Waals surface area contributed by atoms with E-state index in [0.717, 1.165) is 27.6 Å². The average molecular weight is 433 g/mol. The van der Waals surface area contributed by atoms with Crippen molar-refractivity contribution in [2.24, 2.45) is 5.10 Å². The Bertz CT molecular complexity index is 1200. The molecule has 0 N–H and O–H groups in total. The number of amides is 1. The van der Waals surface area contributed by atoms with Crippen molar-refractivity contribution in [3.8, 4) is 16.3 Å². The van der Waals surface area contributed by atoms with Crippen molar-refractivity contribution in [1.82, 2.24) is 20.0 Å². The number of hydrogen-bond donors (Lipinski definition) is 0. The molecular weight excluding hydrogens is 414 g/mol. The van der Waals surface area contributed by atoms with Crippen LogP contribution in [0.3, 0.4) is 0 Å². The molecule has 1 aliphatic rings. The van der Waals surface area contributed by atoms with Gasteiger partial charge in [-0.1, -0.05) is 11.3 Å². The highest BCUT2D eigenvalue weighted by Crippen LogP contribution is 2.33. The van der Waals surface area contributed by atoms with Gasteiger partial charge in [0.25, 0.3) is 5.91 Å². The highest BCUT2D eigenvalue weighted by molar-refractivity contribution is 7.13. The minimum Gasteiger partial charge on any atom is -0.497 e. The van der Waals surface area contributed by atoms with E-state index in [0.29, 0.717) is 12.2 Å². The molecule has 0 saturated carbocycles. The molecule has 0 radical (unpaired) electrons. The molecule has 1 aliphatic heterocycles. The third kappa shape index (κ3) is 3.87. The van der Waals surface area contributed by atoms with Gasteiger partial charge in [0.05, 0.1) is 30.2 Å². The summed E-state index contributed by atoms with van der Waals surface area (Å²) < 4.78 is 12.4. The van der Waals surface area contributed by atoms with Crippen LogP contribution in [0.15, 0.2) is 75.9 Å². The van der Waals surface area contributed by atoms with Crippen molar-refractivity contribution < 1.29 is 13.9 Å². The molecule has 4 heterocycles. The number of hydrogen-bond acceptors (Lipinski definition) is 7. The van der Waals surface area contributed by atoms with Gasteiger partial charge in [-0.3, -0.25) is 4.79 Å². The molecule has 0 aliphatic carbocycles. The first-order valence-electron chi connectivity index (χ1n) is 9.72. The molecule has 31 heavy (non-hydrogen) atoms. The first-order chi connectivity index (χ1) is 15.2. The van der Waals surface area contributed by atoms with Crippen molar-refractivity contribution in [1.29, 1.82) is 0 Å². The summed E-state index contributed by atoms with van der Waals surface area (Å²) in [6.45, 7) is 0.0367. The van der Waals surface area contributed by atoms with E-state index in [2.05, 4.69) is 15.4 Å². The van der Waals surface area contributed by atoms with Crippen LogP contribution in [-0.2, 0) is 11.3 Å². The van der Waals surface area contributed by atoms with Gasteiger partial charge in [-0.2, -0.15) is 5.10 Å². The van der Waals surface area contributed by atoms with Gasteiger partial charge in [0.2, 0.25) is 0 Å². The standard InChI is InChI=1S/C22H19N5O3S/c1-29-16-8-6-15(7-9-16)17-12-19(20-4-2-10-30-20)27(24-17)22(28)14-26-13-18(23-25-26)21-5-3-11-31-21/h2-11,13,19H,12,14H2,1H3. The van der Waals surface area contributed by atoms with Crippen molar-refractivity contribution in [2.45, 2.75) is 19.0 Å². The summed E-state index contributed by atoms with van der Waals surface area (Å²) >= 11 is 1.58. The predicted octanol–water partition coefficient (Wildman–Crippen LogP) is 3.99. The average Bonchev–Trinajstić information content (AvgIpc) is 3.59.